The van der Waals surface area contributed by atoms with Crippen molar-refractivity contribution in [3.63, 3.8) is 0 Å². The zero-order valence-corrected chi connectivity index (χ0v) is 11.2. The highest BCUT2D eigenvalue weighted by Gasteiger charge is 2.07. The lowest BCUT2D eigenvalue weighted by atomic mass is 10.2. The van der Waals surface area contributed by atoms with Crippen molar-refractivity contribution in [3.8, 4) is 5.75 Å². The Balaban J connectivity index is 2.60. The van der Waals surface area contributed by atoms with E-state index < -0.39 is 0 Å². The van der Waals surface area contributed by atoms with Crippen LogP contribution in [-0.2, 0) is 9.59 Å². The molecule has 1 rings (SSSR count). The molecule has 0 aliphatic heterocycles. The number of amides is 1. The Morgan fingerprint density at radius 2 is 2.06 bits per heavy atom. The van der Waals surface area contributed by atoms with Gasteiger partial charge in [-0.25, -0.2) is 0 Å². The summed E-state index contributed by atoms with van der Waals surface area (Å²) in [7, 11) is 0. The Hall–Kier alpha value is -1.55. The maximum absolute atomic E-state index is 11.5. The zero-order chi connectivity index (χ0) is 13.5. The molecule has 0 bridgehead atoms. The van der Waals surface area contributed by atoms with Crippen molar-refractivity contribution < 1.29 is 14.3 Å². The Bertz CT molecular complexity index is 446. The fraction of sp³-hybridized carbons (Fsp3) is 0.385. The van der Waals surface area contributed by atoms with Gasteiger partial charge in [0, 0.05) is 18.5 Å². The molecule has 98 valence electrons. The number of ketones is 1. The van der Waals surface area contributed by atoms with Gasteiger partial charge in [-0.15, -0.1) is 0 Å². The molecule has 0 aliphatic rings. The minimum absolute atomic E-state index is 0.00474. The normalized spacial score (nSPS) is 9.94. The van der Waals surface area contributed by atoms with E-state index in [1.54, 1.807) is 18.2 Å². The second-order valence-electron chi connectivity index (χ2n) is 3.83. The molecule has 1 N–H and O–H groups in total. The summed E-state index contributed by atoms with van der Waals surface area (Å²) >= 11 is 5.99. The van der Waals surface area contributed by atoms with Crippen molar-refractivity contribution in [2.75, 3.05) is 11.9 Å². The van der Waals surface area contributed by atoms with Crippen LogP contribution in [0.25, 0.3) is 0 Å². The van der Waals surface area contributed by atoms with E-state index in [1.165, 1.54) is 6.92 Å². The quantitative estimate of drug-likeness (QED) is 0.864. The van der Waals surface area contributed by atoms with Crippen LogP contribution in [0.2, 0.25) is 5.02 Å². The lowest BCUT2D eigenvalue weighted by Gasteiger charge is -2.08. The maximum Gasteiger partial charge on any atom is 0.224 e. The van der Waals surface area contributed by atoms with Gasteiger partial charge in [-0.1, -0.05) is 11.6 Å². The van der Waals surface area contributed by atoms with Crippen molar-refractivity contribution in [2.24, 2.45) is 0 Å². The van der Waals surface area contributed by atoms with E-state index in [1.807, 2.05) is 6.92 Å². The predicted octanol–water partition coefficient (Wildman–Crippen LogP) is 3.05. The van der Waals surface area contributed by atoms with Gasteiger partial charge in [-0.2, -0.15) is 0 Å². The first-order chi connectivity index (χ1) is 8.52. The fourth-order valence-corrected chi connectivity index (χ4v) is 1.60. The van der Waals surface area contributed by atoms with Crippen molar-refractivity contribution in [1.82, 2.24) is 0 Å². The Morgan fingerprint density at radius 3 is 2.61 bits per heavy atom. The molecule has 5 heteroatoms. The van der Waals surface area contributed by atoms with Gasteiger partial charge < -0.3 is 14.8 Å². The van der Waals surface area contributed by atoms with Gasteiger partial charge in [0.2, 0.25) is 5.91 Å². The molecule has 0 radical (unpaired) electrons. The van der Waals surface area contributed by atoms with Crippen molar-refractivity contribution in [1.29, 1.82) is 0 Å². The van der Waals surface area contributed by atoms with Gasteiger partial charge >= 0.3 is 0 Å². The summed E-state index contributed by atoms with van der Waals surface area (Å²) in [5, 5.41) is 3.12. The number of rotatable bonds is 6. The number of carbonyl (C=O) groups excluding carboxylic acids is 2. The summed E-state index contributed by atoms with van der Waals surface area (Å²) in [5.74, 6) is 0.376. The van der Waals surface area contributed by atoms with Crippen LogP contribution in [0.5, 0.6) is 5.75 Å². The Labute approximate surface area is 111 Å². The number of halogens is 1. The van der Waals surface area contributed by atoms with E-state index in [4.69, 9.17) is 16.3 Å². The first-order valence-electron chi connectivity index (χ1n) is 5.74. The van der Waals surface area contributed by atoms with Crippen LogP contribution in [-0.4, -0.2) is 18.3 Å². The molecule has 0 unspecified atom stereocenters. The van der Waals surface area contributed by atoms with Gasteiger partial charge in [-0.3, -0.25) is 4.79 Å². The van der Waals surface area contributed by atoms with E-state index in [0.29, 0.717) is 23.1 Å². The lowest BCUT2D eigenvalue weighted by Crippen LogP contribution is -2.12. The van der Waals surface area contributed by atoms with Crippen molar-refractivity contribution >= 4 is 29.0 Å². The van der Waals surface area contributed by atoms with Crippen LogP contribution in [0.1, 0.15) is 26.7 Å². The van der Waals surface area contributed by atoms with Gasteiger partial charge in [0.1, 0.15) is 11.5 Å². The predicted molar refractivity (Wildman–Crippen MR) is 71.2 cm³/mol. The van der Waals surface area contributed by atoms with Crippen LogP contribution in [0.4, 0.5) is 5.69 Å². The van der Waals surface area contributed by atoms with Crippen LogP contribution in [0.15, 0.2) is 18.2 Å². The molecule has 0 aliphatic carbocycles. The van der Waals surface area contributed by atoms with E-state index in [-0.39, 0.29) is 24.5 Å². The van der Waals surface area contributed by atoms with Gasteiger partial charge in [-0.05, 0) is 32.0 Å². The molecule has 0 fully saturated rings. The summed E-state index contributed by atoms with van der Waals surface area (Å²) in [6, 6.07) is 5.03. The van der Waals surface area contributed by atoms with Crippen molar-refractivity contribution in [2.45, 2.75) is 26.7 Å². The number of nitrogens with one attached hydrogen (secondary N) is 1. The minimum atomic E-state index is -0.203. The first-order valence-corrected chi connectivity index (χ1v) is 6.12. The third-order valence-corrected chi connectivity index (χ3v) is 2.51. The highest BCUT2D eigenvalue weighted by molar-refractivity contribution is 6.32. The maximum atomic E-state index is 11.5. The van der Waals surface area contributed by atoms with Crippen LogP contribution in [0, 0.1) is 0 Å². The van der Waals surface area contributed by atoms with Gasteiger partial charge in [0.05, 0.1) is 11.6 Å². The average molecular weight is 270 g/mol. The molecule has 18 heavy (non-hydrogen) atoms. The van der Waals surface area contributed by atoms with Gasteiger partial charge in [0.25, 0.3) is 0 Å². The number of hydrogen-bond acceptors (Lipinski definition) is 3. The average Bonchev–Trinajstić information content (AvgIpc) is 2.30. The third-order valence-electron chi connectivity index (χ3n) is 2.22. The molecule has 1 aromatic carbocycles. The Kier molecular flexibility index (Phi) is 5.65. The summed E-state index contributed by atoms with van der Waals surface area (Å²) in [5.41, 5.74) is 0.594. The third kappa shape index (κ3) is 4.75. The second kappa shape index (κ2) is 7.01. The standard InChI is InChI=1S/C13H16ClNO3/c1-3-18-12-6-5-10(8-11(12)14)15-13(17)7-4-9(2)16/h5-6,8H,3-4,7H2,1-2H3,(H,15,17). The van der Waals surface area contributed by atoms with Crippen molar-refractivity contribution in [3.05, 3.63) is 23.2 Å². The largest absolute Gasteiger partial charge is 0.492 e. The molecular formula is C13H16ClNO3. The smallest absolute Gasteiger partial charge is 0.224 e. The number of Topliss-reactive ketones (excluding diaryl/α,β-unsaturated/α-hetero) is 1. The summed E-state index contributed by atoms with van der Waals surface area (Å²) in [6.07, 6.45) is 0.427. The van der Waals surface area contributed by atoms with E-state index in [0.717, 1.165) is 0 Å². The number of anilines is 1. The van der Waals surface area contributed by atoms with E-state index >= 15 is 0 Å². The summed E-state index contributed by atoms with van der Waals surface area (Å²) in [6.45, 7) is 3.86. The second-order valence-corrected chi connectivity index (χ2v) is 4.24. The lowest BCUT2D eigenvalue weighted by molar-refractivity contribution is -0.121. The number of ether oxygens (including phenoxy) is 1. The Morgan fingerprint density at radius 1 is 1.33 bits per heavy atom. The molecule has 1 amide bonds. The molecule has 0 spiro atoms. The van der Waals surface area contributed by atoms with E-state index in [2.05, 4.69) is 5.32 Å². The van der Waals surface area contributed by atoms with Crippen LogP contribution >= 0.6 is 11.6 Å². The monoisotopic (exact) mass is 269 g/mol. The molecule has 0 heterocycles. The molecule has 0 atom stereocenters. The number of benzene rings is 1. The van der Waals surface area contributed by atoms with E-state index in [9.17, 15) is 9.59 Å². The fourth-order valence-electron chi connectivity index (χ4n) is 1.36. The SMILES string of the molecule is CCOc1ccc(NC(=O)CCC(C)=O)cc1Cl. The van der Waals surface area contributed by atoms with Crippen LogP contribution in [0.3, 0.4) is 0 Å². The van der Waals surface area contributed by atoms with Gasteiger partial charge in [0.15, 0.2) is 0 Å². The molecule has 4 nitrogen and oxygen atoms in total. The minimum Gasteiger partial charge on any atom is -0.492 e. The summed E-state index contributed by atoms with van der Waals surface area (Å²) in [4.78, 5) is 22.3. The molecule has 0 saturated carbocycles. The number of hydrogen-bond donors (Lipinski definition) is 1. The zero-order valence-electron chi connectivity index (χ0n) is 10.5. The molecule has 0 saturated heterocycles. The van der Waals surface area contributed by atoms with Crippen LogP contribution < -0.4 is 10.1 Å². The number of carbonyl (C=O) groups is 2. The molecular weight excluding hydrogens is 254 g/mol. The highest BCUT2D eigenvalue weighted by atomic mass is 35.5. The molecule has 0 aromatic heterocycles. The summed E-state index contributed by atoms with van der Waals surface area (Å²) < 4.78 is 5.29. The topological polar surface area (TPSA) is 55.4 Å². The first kappa shape index (κ1) is 14.5. The molecule has 1 aromatic rings. The highest BCUT2D eigenvalue weighted by Crippen LogP contribution is 2.27.